The van der Waals surface area contributed by atoms with Crippen LogP contribution in [-0.2, 0) is 6.54 Å². The van der Waals surface area contributed by atoms with Crippen LogP contribution in [0.4, 0.5) is 13.6 Å². The minimum absolute atomic E-state index is 0.0182. The second kappa shape index (κ2) is 6.13. The van der Waals surface area contributed by atoms with Crippen LogP contribution in [-0.4, -0.2) is 24.0 Å². The highest BCUT2D eigenvalue weighted by atomic mass is 79.9. The van der Waals surface area contributed by atoms with Gasteiger partial charge in [-0.05, 0) is 26.0 Å². The van der Waals surface area contributed by atoms with Crippen molar-refractivity contribution in [2.75, 3.05) is 7.05 Å². The maximum atomic E-state index is 13.5. The molecule has 100 valence electrons. The molecule has 1 N–H and O–H groups in total. The number of hydrogen-bond acceptors (Lipinski definition) is 1. The lowest BCUT2D eigenvalue weighted by molar-refractivity contribution is 0.197. The van der Waals surface area contributed by atoms with E-state index >= 15 is 0 Å². The standard InChI is InChI=1S/C12H15BrF2N2O/c1-7(2)17(3)12(18)16-6-9-10(14)4-8(13)5-11(9)15/h4-5,7H,6H2,1-3H3,(H,16,18). The minimum Gasteiger partial charge on any atom is -0.334 e. The Labute approximate surface area is 113 Å². The quantitative estimate of drug-likeness (QED) is 0.910. The minimum atomic E-state index is -0.686. The topological polar surface area (TPSA) is 32.3 Å². The van der Waals surface area contributed by atoms with E-state index in [1.807, 2.05) is 13.8 Å². The highest BCUT2D eigenvalue weighted by Crippen LogP contribution is 2.19. The zero-order chi connectivity index (χ0) is 13.9. The fourth-order valence-electron chi connectivity index (χ4n) is 1.26. The van der Waals surface area contributed by atoms with Crippen molar-refractivity contribution in [1.82, 2.24) is 10.2 Å². The van der Waals surface area contributed by atoms with Gasteiger partial charge in [0.15, 0.2) is 0 Å². The van der Waals surface area contributed by atoms with Gasteiger partial charge in [0.25, 0.3) is 0 Å². The molecule has 0 bridgehead atoms. The van der Waals surface area contributed by atoms with E-state index in [0.717, 1.165) is 12.1 Å². The van der Waals surface area contributed by atoms with Gasteiger partial charge in [0.2, 0.25) is 0 Å². The molecule has 0 spiro atoms. The number of nitrogens with zero attached hydrogens (tertiary/aromatic N) is 1. The Hall–Kier alpha value is -1.17. The number of hydrogen-bond donors (Lipinski definition) is 1. The molecule has 3 nitrogen and oxygen atoms in total. The number of rotatable bonds is 3. The zero-order valence-electron chi connectivity index (χ0n) is 10.4. The molecule has 0 saturated heterocycles. The summed E-state index contributed by atoms with van der Waals surface area (Å²) in [6.45, 7) is 3.52. The van der Waals surface area contributed by atoms with Gasteiger partial charge in [-0.2, -0.15) is 0 Å². The van der Waals surface area contributed by atoms with Crippen LogP contribution < -0.4 is 5.32 Å². The van der Waals surface area contributed by atoms with E-state index in [2.05, 4.69) is 21.2 Å². The summed E-state index contributed by atoms with van der Waals surface area (Å²) in [6.07, 6.45) is 0. The van der Waals surface area contributed by atoms with Gasteiger partial charge in [0.1, 0.15) is 11.6 Å². The molecule has 0 saturated carbocycles. The van der Waals surface area contributed by atoms with Gasteiger partial charge < -0.3 is 10.2 Å². The van der Waals surface area contributed by atoms with Crippen LogP contribution in [0.1, 0.15) is 19.4 Å². The summed E-state index contributed by atoms with van der Waals surface area (Å²) in [4.78, 5) is 13.1. The van der Waals surface area contributed by atoms with Gasteiger partial charge >= 0.3 is 6.03 Å². The Morgan fingerprint density at radius 3 is 2.33 bits per heavy atom. The predicted octanol–water partition coefficient (Wildman–Crippen LogP) is 3.28. The molecular weight excluding hydrogens is 306 g/mol. The molecule has 0 radical (unpaired) electrons. The fraction of sp³-hybridized carbons (Fsp3) is 0.417. The molecule has 1 rings (SSSR count). The lowest BCUT2D eigenvalue weighted by atomic mass is 10.2. The molecule has 18 heavy (non-hydrogen) atoms. The SMILES string of the molecule is CC(C)N(C)C(=O)NCc1c(F)cc(Br)cc1F. The number of carbonyl (C=O) groups is 1. The van der Waals surface area contributed by atoms with E-state index in [1.54, 1.807) is 7.05 Å². The van der Waals surface area contributed by atoms with E-state index in [1.165, 1.54) is 4.90 Å². The molecule has 1 aromatic carbocycles. The largest absolute Gasteiger partial charge is 0.334 e. The third kappa shape index (κ3) is 3.66. The molecule has 0 aliphatic carbocycles. The summed E-state index contributed by atoms with van der Waals surface area (Å²) >= 11 is 2.99. The van der Waals surface area contributed by atoms with Gasteiger partial charge in [-0.15, -0.1) is 0 Å². The first-order valence-corrected chi connectivity index (χ1v) is 6.26. The Morgan fingerprint density at radius 2 is 1.89 bits per heavy atom. The molecule has 0 aliphatic heterocycles. The van der Waals surface area contributed by atoms with Crippen molar-refractivity contribution in [3.05, 3.63) is 33.8 Å². The first-order chi connectivity index (χ1) is 8.32. The van der Waals surface area contributed by atoms with E-state index in [4.69, 9.17) is 0 Å². The molecule has 0 aromatic heterocycles. The highest BCUT2D eigenvalue weighted by Gasteiger charge is 2.14. The lowest BCUT2D eigenvalue weighted by Gasteiger charge is -2.22. The van der Waals surface area contributed by atoms with Gasteiger partial charge in [-0.3, -0.25) is 0 Å². The van der Waals surface area contributed by atoms with E-state index < -0.39 is 11.6 Å². The second-order valence-corrected chi connectivity index (χ2v) is 5.13. The van der Waals surface area contributed by atoms with Crippen LogP contribution in [0.5, 0.6) is 0 Å². The van der Waals surface area contributed by atoms with E-state index in [0.29, 0.717) is 4.47 Å². The van der Waals surface area contributed by atoms with Crippen molar-refractivity contribution in [3.63, 3.8) is 0 Å². The van der Waals surface area contributed by atoms with Crippen LogP contribution in [0.3, 0.4) is 0 Å². The van der Waals surface area contributed by atoms with Crippen molar-refractivity contribution < 1.29 is 13.6 Å². The Kier molecular flexibility index (Phi) is 5.07. The van der Waals surface area contributed by atoms with E-state index in [-0.39, 0.29) is 24.2 Å². The second-order valence-electron chi connectivity index (χ2n) is 4.21. The van der Waals surface area contributed by atoms with Crippen LogP contribution >= 0.6 is 15.9 Å². The van der Waals surface area contributed by atoms with Crippen molar-refractivity contribution >= 4 is 22.0 Å². The Bertz CT molecular complexity index is 429. The van der Waals surface area contributed by atoms with Crippen LogP contribution in [0.2, 0.25) is 0 Å². The maximum Gasteiger partial charge on any atom is 0.317 e. The lowest BCUT2D eigenvalue weighted by Crippen LogP contribution is -2.41. The number of amides is 2. The van der Waals surface area contributed by atoms with Crippen molar-refractivity contribution in [1.29, 1.82) is 0 Å². The average molecular weight is 321 g/mol. The molecule has 0 aliphatic rings. The molecule has 2 amide bonds. The summed E-state index contributed by atoms with van der Waals surface area (Å²) < 4.78 is 27.3. The molecule has 1 aromatic rings. The zero-order valence-corrected chi connectivity index (χ0v) is 12.0. The van der Waals surface area contributed by atoms with Crippen LogP contribution in [0.25, 0.3) is 0 Å². The summed E-state index contributed by atoms with van der Waals surface area (Å²) in [5.41, 5.74) is -0.149. The summed E-state index contributed by atoms with van der Waals surface area (Å²) in [5, 5.41) is 2.47. The Morgan fingerprint density at radius 1 is 1.39 bits per heavy atom. The molecule has 6 heteroatoms. The molecule has 0 atom stereocenters. The summed E-state index contributed by atoms with van der Waals surface area (Å²) in [5.74, 6) is -1.37. The van der Waals surface area contributed by atoms with Gasteiger partial charge in [0, 0.05) is 23.1 Å². The summed E-state index contributed by atoms with van der Waals surface area (Å²) in [7, 11) is 1.62. The average Bonchev–Trinajstić information content (AvgIpc) is 2.25. The van der Waals surface area contributed by atoms with Gasteiger partial charge in [-0.1, -0.05) is 15.9 Å². The van der Waals surface area contributed by atoms with Gasteiger partial charge in [-0.25, -0.2) is 13.6 Å². The molecule has 0 fully saturated rings. The number of urea groups is 1. The normalized spacial score (nSPS) is 10.6. The van der Waals surface area contributed by atoms with Crippen molar-refractivity contribution in [2.24, 2.45) is 0 Å². The number of carbonyl (C=O) groups excluding carboxylic acids is 1. The maximum absolute atomic E-state index is 13.5. The molecule has 0 unspecified atom stereocenters. The van der Waals surface area contributed by atoms with E-state index in [9.17, 15) is 13.6 Å². The van der Waals surface area contributed by atoms with Crippen molar-refractivity contribution in [2.45, 2.75) is 26.4 Å². The monoisotopic (exact) mass is 320 g/mol. The fourth-order valence-corrected chi connectivity index (χ4v) is 1.67. The first kappa shape index (κ1) is 14.9. The van der Waals surface area contributed by atoms with Crippen molar-refractivity contribution in [3.8, 4) is 0 Å². The third-order valence-corrected chi connectivity index (χ3v) is 3.07. The van der Waals surface area contributed by atoms with Gasteiger partial charge in [0.05, 0.1) is 6.54 Å². The Balaban J connectivity index is 2.73. The molecule has 0 heterocycles. The highest BCUT2D eigenvalue weighted by molar-refractivity contribution is 9.10. The third-order valence-electron chi connectivity index (χ3n) is 2.62. The predicted molar refractivity (Wildman–Crippen MR) is 69.2 cm³/mol. The number of nitrogens with one attached hydrogen (secondary N) is 1. The number of halogens is 3. The number of benzene rings is 1. The first-order valence-electron chi connectivity index (χ1n) is 5.47. The van der Waals surface area contributed by atoms with Crippen LogP contribution in [0.15, 0.2) is 16.6 Å². The van der Waals surface area contributed by atoms with Crippen LogP contribution in [0, 0.1) is 11.6 Å². The smallest absolute Gasteiger partial charge is 0.317 e. The molecular formula is C12H15BrF2N2O. The summed E-state index contributed by atoms with van der Waals surface area (Å²) in [6, 6.07) is 1.98.